The van der Waals surface area contributed by atoms with E-state index in [0.717, 1.165) is 19.3 Å². The molecule has 4 aliphatic rings. The molecule has 0 heterocycles. The second-order valence-corrected chi connectivity index (χ2v) is 6.00. The van der Waals surface area contributed by atoms with Crippen LogP contribution < -0.4 is 5.11 Å². The number of hydrogen-bond donors (Lipinski definition) is 1. The lowest BCUT2D eigenvalue weighted by molar-refractivity contribution is -0.323. The Bertz CT molecular complexity index is 262. The number of carbonyl (C=O) groups is 1. The summed E-state index contributed by atoms with van der Waals surface area (Å²) in [6.07, 6.45) is 5.29. The molecule has 0 saturated heterocycles. The van der Waals surface area contributed by atoms with Gasteiger partial charge in [0, 0.05) is 5.41 Å². The van der Waals surface area contributed by atoms with Crippen LogP contribution in [0.2, 0.25) is 0 Å². The van der Waals surface area contributed by atoms with E-state index in [1.54, 1.807) is 0 Å². The normalized spacial score (nSPS) is 49.3. The predicted octanol–water partition coefficient (Wildman–Crippen LogP) is 0.314. The maximum atomic E-state index is 10.9. The topological polar surface area (TPSA) is 60.4 Å². The molecule has 3 heteroatoms. The number of aliphatic carboxylic acids is 1. The van der Waals surface area contributed by atoms with Gasteiger partial charge in [0.2, 0.25) is 0 Å². The summed E-state index contributed by atoms with van der Waals surface area (Å²) < 4.78 is 0. The second kappa shape index (κ2) is 2.97. The zero-order valence-corrected chi connectivity index (χ0v) is 8.82. The average Bonchev–Trinajstić information content (AvgIpc) is 2.14. The van der Waals surface area contributed by atoms with Gasteiger partial charge in [-0.3, -0.25) is 0 Å². The molecular formula is C12H17O3-. The first kappa shape index (κ1) is 9.64. The van der Waals surface area contributed by atoms with Crippen LogP contribution in [0.25, 0.3) is 0 Å². The third kappa shape index (κ3) is 1.32. The maximum Gasteiger partial charge on any atom is 0.0989 e. The fourth-order valence-electron chi connectivity index (χ4n) is 4.76. The van der Waals surface area contributed by atoms with Crippen molar-refractivity contribution in [2.75, 3.05) is 0 Å². The molecule has 0 amide bonds. The number of hydrogen-bond acceptors (Lipinski definition) is 3. The van der Waals surface area contributed by atoms with Crippen molar-refractivity contribution in [3.05, 3.63) is 0 Å². The Labute approximate surface area is 89.5 Å². The Balaban J connectivity index is 1.89. The molecule has 0 spiro atoms. The van der Waals surface area contributed by atoms with Crippen molar-refractivity contribution in [2.45, 2.75) is 44.6 Å². The standard InChI is InChI=1S/C12H18O3/c13-10(11(14)15)12-4-7-1-8(5-12)3-9(2-7)6-12/h7-10,13H,1-6H2,(H,14,15)/p-1/t7?,8?,9?,10-,12?/m1/s1. The quantitative estimate of drug-likeness (QED) is 0.712. The number of carboxylic acids is 1. The van der Waals surface area contributed by atoms with E-state index in [2.05, 4.69) is 0 Å². The minimum absolute atomic E-state index is 0.326. The number of rotatable bonds is 2. The van der Waals surface area contributed by atoms with E-state index in [9.17, 15) is 15.0 Å². The summed E-state index contributed by atoms with van der Waals surface area (Å²) in [4.78, 5) is 10.9. The smallest absolute Gasteiger partial charge is 0.0989 e. The molecule has 4 bridgehead atoms. The predicted molar refractivity (Wildman–Crippen MR) is 51.6 cm³/mol. The molecule has 3 nitrogen and oxygen atoms in total. The second-order valence-electron chi connectivity index (χ2n) is 6.00. The zero-order valence-electron chi connectivity index (χ0n) is 8.82. The molecule has 0 aliphatic heterocycles. The number of carbonyl (C=O) groups excluding carboxylic acids is 1. The fourth-order valence-corrected chi connectivity index (χ4v) is 4.76. The lowest BCUT2D eigenvalue weighted by Crippen LogP contribution is -2.56. The Morgan fingerprint density at radius 2 is 1.53 bits per heavy atom. The molecule has 4 fully saturated rings. The van der Waals surface area contributed by atoms with Crippen LogP contribution in [0, 0.1) is 23.2 Å². The molecule has 0 unspecified atom stereocenters. The average molecular weight is 209 g/mol. The van der Waals surface area contributed by atoms with Crippen molar-refractivity contribution in [1.29, 1.82) is 0 Å². The van der Waals surface area contributed by atoms with Crippen molar-refractivity contribution in [3.63, 3.8) is 0 Å². The number of aliphatic hydroxyl groups excluding tert-OH is 1. The van der Waals surface area contributed by atoms with Crippen molar-refractivity contribution in [2.24, 2.45) is 23.2 Å². The summed E-state index contributed by atoms with van der Waals surface area (Å²) in [7, 11) is 0. The molecular weight excluding hydrogens is 192 g/mol. The van der Waals surface area contributed by atoms with Gasteiger partial charge < -0.3 is 15.0 Å². The minimum atomic E-state index is -1.27. The molecule has 0 radical (unpaired) electrons. The SMILES string of the molecule is O=C([O-])[C@@H](O)C12CC3CC(CC(C3)C1)C2. The molecule has 0 aromatic rings. The molecule has 0 aromatic carbocycles. The fraction of sp³-hybridized carbons (Fsp3) is 0.917. The summed E-state index contributed by atoms with van der Waals surface area (Å²) in [6.45, 7) is 0. The van der Waals surface area contributed by atoms with Crippen LogP contribution >= 0.6 is 0 Å². The first-order valence-electron chi connectivity index (χ1n) is 5.98. The molecule has 1 N–H and O–H groups in total. The third-order valence-corrected chi connectivity index (χ3v) is 4.89. The zero-order chi connectivity index (χ0) is 10.6. The van der Waals surface area contributed by atoms with Gasteiger partial charge in [-0.05, 0) is 56.3 Å². The van der Waals surface area contributed by atoms with E-state index in [1.165, 1.54) is 19.3 Å². The van der Waals surface area contributed by atoms with Crippen LogP contribution in [-0.4, -0.2) is 17.2 Å². The van der Waals surface area contributed by atoms with Gasteiger partial charge in [-0.25, -0.2) is 0 Å². The summed E-state index contributed by atoms with van der Waals surface area (Å²) in [5.74, 6) is 0.748. The van der Waals surface area contributed by atoms with Crippen LogP contribution in [0.5, 0.6) is 0 Å². The Morgan fingerprint density at radius 1 is 1.13 bits per heavy atom. The lowest BCUT2D eigenvalue weighted by Gasteiger charge is -2.58. The van der Waals surface area contributed by atoms with Gasteiger partial charge in [0.15, 0.2) is 0 Å². The highest BCUT2D eigenvalue weighted by Crippen LogP contribution is 2.61. The first-order valence-corrected chi connectivity index (χ1v) is 5.98. The van der Waals surface area contributed by atoms with Crippen LogP contribution in [0.15, 0.2) is 0 Å². The van der Waals surface area contributed by atoms with E-state index < -0.39 is 12.1 Å². The third-order valence-electron chi connectivity index (χ3n) is 4.89. The van der Waals surface area contributed by atoms with E-state index >= 15 is 0 Å². The highest BCUT2D eigenvalue weighted by molar-refractivity contribution is 5.71. The van der Waals surface area contributed by atoms with Crippen molar-refractivity contribution >= 4 is 5.97 Å². The van der Waals surface area contributed by atoms with Gasteiger partial charge in [0.05, 0.1) is 12.1 Å². The number of aliphatic hydroxyl groups is 1. The van der Waals surface area contributed by atoms with Gasteiger partial charge in [-0.2, -0.15) is 0 Å². The molecule has 4 rings (SSSR count). The Hall–Kier alpha value is -0.570. The largest absolute Gasteiger partial charge is 0.547 e. The van der Waals surface area contributed by atoms with E-state index in [4.69, 9.17) is 0 Å². The molecule has 4 saturated carbocycles. The highest BCUT2D eigenvalue weighted by Gasteiger charge is 2.54. The van der Waals surface area contributed by atoms with Crippen LogP contribution in [-0.2, 0) is 4.79 Å². The van der Waals surface area contributed by atoms with Crippen molar-refractivity contribution < 1.29 is 15.0 Å². The molecule has 84 valence electrons. The molecule has 1 atom stereocenters. The summed E-state index contributed by atoms with van der Waals surface area (Å²) >= 11 is 0. The minimum Gasteiger partial charge on any atom is -0.547 e. The monoisotopic (exact) mass is 209 g/mol. The number of carboxylic acid groups (broad SMARTS) is 1. The van der Waals surface area contributed by atoms with Crippen molar-refractivity contribution in [1.82, 2.24) is 0 Å². The molecule has 15 heavy (non-hydrogen) atoms. The van der Waals surface area contributed by atoms with Gasteiger partial charge in [-0.15, -0.1) is 0 Å². The van der Waals surface area contributed by atoms with Crippen molar-refractivity contribution in [3.8, 4) is 0 Å². The van der Waals surface area contributed by atoms with E-state index in [1.807, 2.05) is 0 Å². The van der Waals surface area contributed by atoms with Gasteiger partial charge in [0.1, 0.15) is 0 Å². The van der Waals surface area contributed by atoms with Gasteiger partial charge in [0.25, 0.3) is 0 Å². The molecule has 0 aromatic heterocycles. The molecule has 4 aliphatic carbocycles. The highest BCUT2D eigenvalue weighted by atomic mass is 16.4. The van der Waals surface area contributed by atoms with Crippen LogP contribution in [0.4, 0.5) is 0 Å². The lowest BCUT2D eigenvalue weighted by atomic mass is 9.48. The van der Waals surface area contributed by atoms with E-state index in [-0.39, 0.29) is 5.41 Å². The maximum absolute atomic E-state index is 10.9. The summed E-state index contributed by atoms with van der Waals surface area (Å²) in [5, 5.41) is 20.7. The first-order chi connectivity index (χ1) is 7.09. The summed E-state index contributed by atoms with van der Waals surface area (Å²) in [5.41, 5.74) is -0.326. The Kier molecular flexibility index (Phi) is 1.91. The van der Waals surface area contributed by atoms with Crippen LogP contribution in [0.3, 0.4) is 0 Å². The van der Waals surface area contributed by atoms with E-state index in [0.29, 0.717) is 17.8 Å². The summed E-state index contributed by atoms with van der Waals surface area (Å²) in [6, 6.07) is 0. The van der Waals surface area contributed by atoms with Gasteiger partial charge in [-0.1, -0.05) is 0 Å². The van der Waals surface area contributed by atoms with Crippen LogP contribution in [0.1, 0.15) is 38.5 Å². The van der Waals surface area contributed by atoms with Gasteiger partial charge >= 0.3 is 0 Å². The Morgan fingerprint density at radius 3 is 1.87 bits per heavy atom.